The lowest BCUT2D eigenvalue weighted by atomic mass is 9.85. The van der Waals surface area contributed by atoms with Gasteiger partial charge >= 0.3 is 0 Å². The summed E-state index contributed by atoms with van der Waals surface area (Å²) in [5.74, 6) is -2.62. The summed E-state index contributed by atoms with van der Waals surface area (Å²) in [6.07, 6.45) is 5.18. The molecule has 0 aromatic heterocycles. The molecule has 3 amide bonds. The van der Waals surface area contributed by atoms with Gasteiger partial charge in [0.1, 0.15) is 11.9 Å². The van der Waals surface area contributed by atoms with E-state index >= 15 is 0 Å². The number of halogens is 1. The van der Waals surface area contributed by atoms with E-state index in [1.165, 1.54) is 12.1 Å². The SMILES string of the molecule is CCC[C@H](C(N)=O)C(C=C(C)C)C(=O)N[C@H]1CCCCN(Cc2cccc(-c3cccc(F)c3)c2)C1=O. The maximum absolute atomic E-state index is 13.7. The van der Waals surface area contributed by atoms with E-state index in [4.69, 9.17) is 5.73 Å². The van der Waals surface area contributed by atoms with E-state index in [0.717, 1.165) is 41.5 Å². The molecule has 0 radical (unpaired) electrons. The summed E-state index contributed by atoms with van der Waals surface area (Å²) in [5.41, 5.74) is 9.14. The number of nitrogens with one attached hydrogen (secondary N) is 1. The van der Waals surface area contributed by atoms with Crippen LogP contribution in [-0.4, -0.2) is 35.2 Å². The predicted octanol–water partition coefficient (Wildman–Crippen LogP) is 4.97. The van der Waals surface area contributed by atoms with Crippen molar-refractivity contribution in [2.75, 3.05) is 6.54 Å². The summed E-state index contributed by atoms with van der Waals surface area (Å²) in [6, 6.07) is 13.5. The maximum atomic E-state index is 13.7. The molecule has 3 atom stereocenters. The van der Waals surface area contributed by atoms with Gasteiger partial charge in [-0.25, -0.2) is 4.39 Å². The van der Waals surface area contributed by atoms with Gasteiger partial charge < -0.3 is 16.0 Å². The van der Waals surface area contributed by atoms with Crippen LogP contribution in [0.1, 0.15) is 58.4 Å². The van der Waals surface area contributed by atoms with Gasteiger partial charge in [0.15, 0.2) is 0 Å². The van der Waals surface area contributed by atoms with E-state index in [9.17, 15) is 18.8 Å². The third-order valence-corrected chi connectivity index (χ3v) is 6.77. The molecule has 1 heterocycles. The molecule has 1 aliphatic rings. The monoisotopic (exact) mass is 507 g/mol. The van der Waals surface area contributed by atoms with Crippen LogP contribution in [0.2, 0.25) is 0 Å². The van der Waals surface area contributed by atoms with Crippen molar-refractivity contribution >= 4 is 17.7 Å². The van der Waals surface area contributed by atoms with Crippen molar-refractivity contribution in [1.29, 1.82) is 0 Å². The molecule has 0 spiro atoms. The van der Waals surface area contributed by atoms with Gasteiger partial charge in [0.2, 0.25) is 17.7 Å². The molecule has 1 fully saturated rings. The first-order valence-corrected chi connectivity index (χ1v) is 13.1. The summed E-state index contributed by atoms with van der Waals surface area (Å²) in [5, 5.41) is 2.94. The summed E-state index contributed by atoms with van der Waals surface area (Å²) in [6.45, 7) is 6.68. The molecular formula is C30H38FN3O3. The summed E-state index contributed by atoms with van der Waals surface area (Å²) >= 11 is 0. The highest BCUT2D eigenvalue weighted by Crippen LogP contribution is 2.25. The molecule has 2 aromatic carbocycles. The number of amides is 3. The second-order valence-corrected chi connectivity index (χ2v) is 10.1. The largest absolute Gasteiger partial charge is 0.369 e. The predicted molar refractivity (Wildman–Crippen MR) is 144 cm³/mol. The van der Waals surface area contributed by atoms with Gasteiger partial charge in [-0.1, -0.05) is 55.3 Å². The number of hydrogen-bond acceptors (Lipinski definition) is 3. The van der Waals surface area contributed by atoms with Gasteiger partial charge in [0.25, 0.3) is 0 Å². The molecule has 3 rings (SSSR count). The van der Waals surface area contributed by atoms with E-state index < -0.39 is 23.8 Å². The molecule has 198 valence electrons. The summed E-state index contributed by atoms with van der Waals surface area (Å²) in [4.78, 5) is 40.8. The molecular weight excluding hydrogens is 469 g/mol. The van der Waals surface area contributed by atoms with E-state index in [-0.39, 0.29) is 17.6 Å². The van der Waals surface area contributed by atoms with Crippen molar-refractivity contribution in [3.63, 3.8) is 0 Å². The zero-order chi connectivity index (χ0) is 26.9. The fourth-order valence-corrected chi connectivity index (χ4v) is 4.95. The third kappa shape index (κ3) is 7.75. The molecule has 3 N–H and O–H groups in total. The smallest absolute Gasteiger partial charge is 0.245 e. The third-order valence-electron chi connectivity index (χ3n) is 6.77. The Morgan fingerprint density at radius 2 is 1.84 bits per heavy atom. The summed E-state index contributed by atoms with van der Waals surface area (Å²) in [7, 11) is 0. The number of likely N-dealkylation sites (tertiary alicyclic amines) is 1. The Bertz CT molecular complexity index is 1140. The molecule has 1 aliphatic heterocycles. The van der Waals surface area contributed by atoms with Gasteiger partial charge in [-0.2, -0.15) is 0 Å². The molecule has 0 aliphatic carbocycles. The highest BCUT2D eigenvalue weighted by Gasteiger charge is 2.34. The minimum absolute atomic E-state index is 0.135. The number of nitrogens with zero attached hydrogens (tertiary/aromatic N) is 1. The average Bonchev–Trinajstić information content (AvgIpc) is 3.02. The van der Waals surface area contributed by atoms with Crippen LogP contribution in [0.15, 0.2) is 60.2 Å². The van der Waals surface area contributed by atoms with Crippen LogP contribution < -0.4 is 11.1 Å². The highest BCUT2D eigenvalue weighted by molar-refractivity contribution is 5.92. The molecule has 1 unspecified atom stereocenters. The Labute approximate surface area is 219 Å². The van der Waals surface area contributed by atoms with E-state index in [1.54, 1.807) is 17.0 Å². The van der Waals surface area contributed by atoms with E-state index in [1.807, 2.05) is 51.1 Å². The fourth-order valence-electron chi connectivity index (χ4n) is 4.95. The minimum atomic E-state index is -0.713. The van der Waals surface area contributed by atoms with Gasteiger partial charge in [-0.3, -0.25) is 14.4 Å². The molecule has 2 aromatic rings. The molecule has 7 heteroatoms. The number of benzene rings is 2. The Kier molecular flexibility index (Phi) is 10.0. The second kappa shape index (κ2) is 13.2. The number of rotatable bonds is 10. The Morgan fingerprint density at radius 1 is 1.14 bits per heavy atom. The quantitative estimate of drug-likeness (QED) is 0.445. The number of nitrogens with two attached hydrogens (primary N) is 1. The molecule has 1 saturated heterocycles. The van der Waals surface area contributed by atoms with Crippen LogP contribution in [-0.2, 0) is 20.9 Å². The minimum Gasteiger partial charge on any atom is -0.369 e. The van der Waals surface area contributed by atoms with Crippen LogP contribution in [0.5, 0.6) is 0 Å². The van der Waals surface area contributed by atoms with Gasteiger partial charge in [0.05, 0.1) is 11.8 Å². The fraction of sp³-hybridized carbons (Fsp3) is 0.433. The van der Waals surface area contributed by atoms with Crippen molar-refractivity contribution in [3.8, 4) is 11.1 Å². The normalized spacial score (nSPS) is 17.5. The Morgan fingerprint density at radius 3 is 2.49 bits per heavy atom. The van der Waals surface area contributed by atoms with Gasteiger partial charge in [-0.15, -0.1) is 0 Å². The number of carbonyl (C=O) groups is 3. The average molecular weight is 508 g/mol. The van der Waals surface area contributed by atoms with Crippen molar-refractivity contribution in [2.45, 2.75) is 65.5 Å². The summed E-state index contributed by atoms with van der Waals surface area (Å²) < 4.78 is 13.7. The first kappa shape index (κ1) is 28.1. The first-order valence-electron chi connectivity index (χ1n) is 13.1. The van der Waals surface area contributed by atoms with Crippen molar-refractivity contribution < 1.29 is 18.8 Å². The Balaban J connectivity index is 1.77. The number of primary amides is 1. The van der Waals surface area contributed by atoms with Crippen molar-refractivity contribution in [2.24, 2.45) is 17.6 Å². The van der Waals surface area contributed by atoms with Crippen LogP contribution in [0.4, 0.5) is 4.39 Å². The number of carbonyl (C=O) groups excluding carboxylic acids is 3. The molecule has 37 heavy (non-hydrogen) atoms. The highest BCUT2D eigenvalue weighted by atomic mass is 19.1. The van der Waals surface area contributed by atoms with E-state index in [0.29, 0.717) is 25.9 Å². The number of allylic oxidation sites excluding steroid dienone is 1. The van der Waals surface area contributed by atoms with E-state index in [2.05, 4.69) is 5.32 Å². The van der Waals surface area contributed by atoms with Gasteiger partial charge in [-0.05, 0) is 74.4 Å². The lowest BCUT2D eigenvalue weighted by Gasteiger charge is -2.28. The zero-order valence-corrected chi connectivity index (χ0v) is 22.0. The molecule has 0 saturated carbocycles. The zero-order valence-electron chi connectivity index (χ0n) is 22.0. The van der Waals surface area contributed by atoms with Gasteiger partial charge in [0, 0.05) is 13.1 Å². The lowest BCUT2D eigenvalue weighted by molar-refractivity contribution is -0.138. The lowest BCUT2D eigenvalue weighted by Crippen LogP contribution is -2.50. The topological polar surface area (TPSA) is 92.5 Å². The first-order chi connectivity index (χ1) is 17.7. The standard InChI is InChI=1S/C30H38FN3O3/c1-4-9-25(28(32)35)26(16-20(2)3)29(36)33-27-14-5-6-15-34(30(27)37)19-21-10-7-11-22(17-21)23-12-8-13-24(31)18-23/h7-8,10-13,16-18,25-27H,4-6,9,14-15,19H2,1-3H3,(H2,32,35)(H,33,36)/t25-,26?,27-/m0/s1. The van der Waals surface area contributed by atoms with Crippen LogP contribution in [0.25, 0.3) is 11.1 Å². The van der Waals surface area contributed by atoms with Crippen LogP contribution in [0, 0.1) is 17.7 Å². The molecule has 0 bridgehead atoms. The van der Waals surface area contributed by atoms with Crippen molar-refractivity contribution in [1.82, 2.24) is 10.2 Å². The van der Waals surface area contributed by atoms with Crippen LogP contribution in [0.3, 0.4) is 0 Å². The Hall–Kier alpha value is -3.48. The van der Waals surface area contributed by atoms with Crippen LogP contribution >= 0.6 is 0 Å². The maximum Gasteiger partial charge on any atom is 0.245 e. The van der Waals surface area contributed by atoms with Crippen molar-refractivity contribution in [3.05, 3.63) is 71.6 Å². The molecule has 6 nitrogen and oxygen atoms in total. The number of hydrogen-bond donors (Lipinski definition) is 2. The second-order valence-electron chi connectivity index (χ2n) is 10.1.